The lowest BCUT2D eigenvalue weighted by Gasteiger charge is -2.34. The highest BCUT2D eigenvalue weighted by Crippen LogP contribution is 2.33. The number of alkyl halides is 3. The molecule has 11 heteroatoms. The van der Waals surface area contributed by atoms with Gasteiger partial charge in [-0.3, -0.25) is 0 Å². The summed E-state index contributed by atoms with van der Waals surface area (Å²) in [6.07, 6.45) is -3.07. The van der Waals surface area contributed by atoms with Gasteiger partial charge in [0, 0.05) is 24.0 Å². The molecule has 1 aromatic heterocycles. The van der Waals surface area contributed by atoms with Crippen LogP contribution in [0.25, 0.3) is 0 Å². The Bertz CT molecular complexity index is 1190. The maximum Gasteiger partial charge on any atom is 0.416 e. The van der Waals surface area contributed by atoms with E-state index in [1.807, 2.05) is 0 Å². The first-order chi connectivity index (χ1) is 16.7. The molecule has 2 aromatic carbocycles. The van der Waals surface area contributed by atoms with E-state index in [-0.39, 0.29) is 17.3 Å². The second-order valence-electron chi connectivity index (χ2n) is 8.06. The molecule has 1 aliphatic rings. The van der Waals surface area contributed by atoms with E-state index in [0.717, 1.165) is 18.4 Å². The lowest BCUT2D eigenvalue weighted by atomic mass is 10.1. The molecule has 1 fully saturated rings. The highest BCUT2D eigenvalue weighted by atomic mass is 19.4. The van der Waals surface area contributed by atoms with Crippen molar-refractivity contribution >= 4 is 23.2 Å². The predicted molar refractivity (Wildman–Crippen MR) is 125 cm³/mol. The first kappa shape index (κ1) is 24.3. The second-order valence-corrected chi connectivity index (χ2v) is 8.06. The Labute approximate surface area is 200 Å². The summed E-state index contributed by atoms with van der Waals surface area (Å²) >= 11 is 0. The first-order valence-corrected chi connectivity index (χ1v) is 10.9. The number of hydrogen-bond acceptors (Lipinski definition) is 6. The van der Waals surface area contributed by atoms with E-state index in [1.54, 1.807) is 30.3 Å². The molecule has 0 spiro atoms. The molecular weight excluding hydrogens is 463 g/mol. The van der Waals surface area contributed by atoms with Crippen LogP contribution in [-0.2, 0) is 10.9 Å². The monoisotopic (exact) mass is 487 g/mol. The maximum atomic E-state index is 13.1. The minimum Gasteiger partial charge on any atom is -0.439 e. The highest BCUT2D eigenvalue weighted by molar-refractivity contribution is 5.99. The van der Waals surface area contributed by atoms with Gasteiger partial charge in [0.15, 0.2) is 0 Å². The van der Waals surface area contributed by atoms with E-state index in [0.29, 0.717) is 30.5 Å². The number of urea groups is 1. The Hall–Kier alpha value is -3.86. The van der Waals surface area contributed by atoms with Gasteiger partial charge in [0.1, 0.15) is 17.9 Å². The molecule has 1 saturated heterocycles. The number of benzene rings is 2. The Morgan fingerprint density at radius 1 is 1.09 bits per heavy atom. The van der Waals surface area contributed by atoms with Gasteiger partial charge in [0.2, 0.25) is 5.88 Å². The first-order valence-electron chi connectivity index (χ1n) is 10.9. The molecule has 184 valence electrons. The largest absolute Gasteiger partial charge is 0.439 e. The van der Waals surface area contributed by atoms with Crippen molar-refractivity contribution in [2.24, 2.45) is 0 Å². The third-order valence-electron chi connectivity index (χ3n) is 5.42. The van der Waals surface area contributed by atoms with Gasteiger partial charge in [-0.1, -0.05) is 6.07 Å². The third kappa shape index (κ3) is 6.18. The van der Waals surface area contributed by atoms with Crippen molar-refractivity contribution in [3.8, 4) is 11.6 Å². The van der Waals surface area contributed by atoms with E-state index < -0.39 is 17.8 Å². The minimum absolute atomic E-state index is 0.0366. The fraction of sp³-hybridized carbons (Fsp3) is 0.292. The number of hydrogen-bond donors (Lipinski definition) is 2. The highest BCUT2D eigenvalue weighted by Gasteiger charge is 2.32. The van der Waals surface area contributed by atoms with Crippen molar-refractivity contribution in [2.45, 2.75) is 26.1 Å². The van der Waals surface area contributed by atoms with Gasteiger partial charge in [-0.15, -0.1) is 0 Å². The van der Waals surface area contributed by atoms with Gasteiger partial charge in [-0.05, 0) is 55.8 Å². The smallest absolute Gasteiger partial charge is 0.416 e. The lowest BCUT2D eigenvalue weighted by molar-refractivity contribution is -0.138. The Morgan fingerprint density at radius 3 is 2.51 bits per heavy atom. The van der Waals surface area contributed by atoms with Crippen molar-refractivity contribution in [1.29, 1.82) is 0 Å². The van der Waals surface area contributed by atoms with Crippen molar-refractivity contribution < 1.29 is 27.4 Å². The molecule has 0 radical (unpaired) electrons. The van der Waals surface area contributed by atoms with Crippen LogP contribution in [0, 0.1) is 6.92 Å². The SMILES string of the molecule is Cc1ccc(NC(=O)Nc2ccc(Oc3cc(N4CCOC[C@H]4C)ncn3)cc2)cc1C(F)(F)F. The van der Waals surface area contributed by atoms with Crippen LogP contribution < -0.4 is 20.3 Å². The Kier molecular flexibility index (Phi) is 7.06. The number of morpholine rings is 1. The normalized spacial score (nSPS) is 16.0. The van der Waals surface area contributed by atoms with Crippen LogP contribution >= 0.6 is 0 Å². The van der Waals surface area contributed by atoms with Crippen molar-refractivity contribution in [3.05, 3.63) is 66.0 Å². The van der Waals surface area contributed by atoms with Crippen LogP contribution in [-0.4, -0.2) is 41.8 Å². The molecular formula is C24H24F3N5O3. The van der Waals surface area contributed by atoms with E-state index in [4.69, 9.17) is 9.47 Å². The van der Waals surface area contributed by atoms with Crippen LogP contribution in [0.4, 0.5) is 35.2 Å². The fourth-order valence-corrected chi connectivity index (χ4v) is 3.64. The van der Waals surface area contributed by atoms with Gasteiger partial charge in [0.25, 0.3) is 0 Å². The summed E-state index contributed by atoms with van der Waals surface area (Å²) in [5.41, 5.74) is -0.250. The number of halogens is 3. The second kappa shape index (κ2) is 10.2. The van der Waals surface area contributed by atoms with Gasteiger partial charge >= 0.3 is 12.2 Å². The molecule has 2 N–H and O–H groups in total. The van der Waals surface area contributed by atoms with Crippen molar-refractivity contribution in [1.82, 2.24) is 9.97 Å². The van der Waals surface area contributed by atoms with E-state index in [2.05, 4.69) is 32.4 Å². The summed E-state index contributed by atoms with van der Waals surface area (Å²) in [4.78, 5) is 22.8. The van der Waals surface area contributed by atoms with Crippen LogP contribution in [0.15, 0.2) is 54.9 Å². The van der Waals surface area contributed by atoms with E-state index in [9.17, 15) is 18.0 Å². The molecule has 0 saturated carbocycles. The molecule has 8 nitrogen and oxygen atoms in total. The van der Waals surface area contributed by atoms with Gasteiger partial charge in [-0.2, -0.15) is 13.2 Å². The number of carbonyl (C=O) groups excluding carboxylic acids is 1. The number of anilines is 3. The minimum atomic E-state index is -4.50. The molecule has 3 aromatic rings. The molecule has 35 heavy (non-hydrogen) atoms. The zero-order valence-electron chi connectivity index (χ0n) is 19.1. The average molecular weight is 487 g/mol. The third-order valence-corrected chi connectivity index (χ3v) is 5.42. The predicted octanol–water partition coefficient (Wildman–Crippen LogP) is 5.47. The summed E-state index contributed by atoms with van der Waals surface area (Å²) in [5.74, 6) is 1.60. The summed E-state index contributed by atoms with van der Waals surface area (Å²) in [7, 11) is 0. The summed E-state index contributed by atoms with van der Waals surface area (Å²) < 4.78 is 50.5. The molecule has 2 amide bonds. The van der Waals surface area contributed by atoms with Crippen LogP contribution in [0.1, 0.15) is 18.1 Å². The molecule has 0 aliphatic carbocycles. The van der Waals surface area contributed by atoms with Crippen molar-refractivity contribution in [2.75, 3.05) is 35.3 Å². The van der Waals surface area contributed by atoms with Crippen molar-refractivity contribution in [3.63, 3.8) is 0 Å². The molecule has 1 atom stereocenters. The summed E-state index contributed by atoms with van der Waals surface area (Å²) in [5, 5.41) is 4.99. The number of carbonyl (C=O) groups is 1. The van der Waals surface area contributed by atoms with E-state index >= 15 is 0 Å². The molecule has 0 bridgehead atoms. The van der Waals surface area contributed by atoms with Gasteiger partial charge < -0.3 is 25.0 Å². The topological polar surface area (TPSA) is 88.6 Å². The summed E-state index contributed by atoms with van der Waals surface area (Å²) in [6.45, 7) is 5.38. The number of amides is 2. The fourth-order valence-electron chi connectivity index (χ4n) is 3.64. The average Bonchev–Trinajstić information content (AvgIpc) is 2.81. The number of nitrogens with zero attached hydrogens (tertiary/aromatic N) is 3. The van der Waals surface area contributed by atoms with Gasteiger partial charge in [0.05, 0.1) is 24.8 Å². The number of aromatic nitrogens is 2. The Balaban J connectivity index is 1.37. The number of rotatable bonds is 5. The Morgan fingerprint density at radius 2 is 1.80 bits per heavy atom. The lowest BCUT2D eigenvalue weighted by Crippen LogP contribution is -2.44. The number of aryl methyl sites for hydroxylation is 1. The molecule has 4 rings (SSSR count). The number of nitrogens with one attached hydrogen (secondary N) is 2. The zero-order chi connectivity index (χ0) is 25.0. The number of ether oxygens (including phenoxy) is 2. The van der Waals surface area contributed by atoms with Crippen LogP contribution in [0.3, 0.4) is 0 Å². The summed E-state index contributed by atoms with van der Waals surface area (Å²) in [6, 6.07) is 11.4. The standard InChI is InChI=1S/C24H24F3N5O3/c1-15-3-4-18(11-20(15)24(25,26)27)31-23(33)30-17-5-7-19(8-6-17)35-22-12-21(28-14-29-22)32-9-10-34-13-16(32)2/h3-8,11-12,14,16H,9-10,13H2,1-2H3,(H2,30,31,33)/t16-/m1/s1. The van der Waals surface area contributed by atoms with Crippen LogP contribution in [0.5, 0.6) is 11.6 Å². The zero-order valence-corrected chi connectivity index (χ0v) is 19.1. The molecule has 0 unspecified atom stereocenters. The molecule has 2 heterocycles. The maximum absolute atomic E-state index is 13.1. The van der Waals surface area contributed by atoms with Gasteiger partial charge in [-0.25, -0.2) is 14.8 Å². The molecule has 1 aliphatic heterocycles. The quantitative estimate of drug-likeness (QED) is 0.497. The van der Waals surface area contributed by atoms with E-state index in [1.165, 1.54) is 25.4 Å². The van der Waals surface area contributed by atoms with Crippen LogP contribution in [0.2, 0.25) is 0 Å².